The smallest absolute Gasteiger partial charge is 0.308 e. The van der Waals surface area contributed by atoms with E-state index in [1.165, 1.54) is 12.1 Å². The number of hydrogen-bond donors (Lipinski definition) is 7. The predicted molar refractivity (Wildman–Crippen MR) is 198 cm³/mol. The van der Waals surface area contributed by atoms with Crippen LogP contribution >= 0.6 is 0 Å². The van der Waals surface area contributed by atoms with E-state index in [2.05, 4.69) is 10.2 Å². The molecule has 7 N–H and O–H groups in total. The standard InChI is InChI=1S/C39H49FN4O12/c1-26(2)37-36(39(48)41-30-12-7-4-8-13-30)35(27-10-5-3-6-11-27)38(28-14-16-29(40)17-15-28)42(37)19-18-31(45)22-32(46)23-34(47)54-25-33(56-44(51)52)24-53-20-9-21-55-43(49)50/h3-8,10-17,26,31-33,45-46,49-52H,9,18-25H2,1-2H3,(H,41,48). The Hall–Kier alpha value is -4.63. The molecule has 1 heterocycles. The molecule has 16 nitrogen and oxygen atoms in total. The number of aliphatic hydroxyl groups is 2. The van der Waals surface area contributed by atoms with Gasteiger partial charge >= 0.3 is 5.97 Å². The molecule has 304 valence electrons. The number of rotatable bonds is 23. The second-order valence-electron chi connectivity index (χ2n) is 13.2. The molecule has 1 aromatic heterocycles. The number of anilines is 1. The number of halogens is 1. The van der Waals surface area contributed by atoms with E-state index < -0.39 is 53.9 Å². The minimum atomic E-state index is -1.31. The summed E-state index contributed by atoms with van der Waals surface area (Å²) in [4.78, 5) is 35.9. The Morgan fingerprint density at radius 3 is 2.11 bits per heavy atom. The van der Waals surface area contributed by atoms with E-state index in [4.69, 9.17) is 35.1 Å². The minimum absolute atomic E-state index is 0.0535. The lowest BCUT2D eigenvalue weighted by molar-refractivity contribution is -0.507. The molecule has 3 atom stereocenters. The fourth-order valence-electron chi connectivity index (χ4n) is 6.20. The molecule has 0 aliphatic carbocycles. The van der Waals surface area contributed by atoms with E-state index in [0.717, 1.165) is 5.56 Å². The van der Waals surface area contributed by atoms with Crippen molar-refractivity contribution in [3.05, 3.63) is 102 Å². The second kappa shape index (κ2) is 22.2. The van der Waals surface area contributed by atoms with Gasteiger partial charge in [0.05, 0.1) is 53.9 Å². The quantitative estimate of drug-likeness (QED) is 0.0278. The van der Waals surface area contributed by atoms with Crippen LogP contribution in [-0.4, -0.2) is 103 Å². The average molecular weight is 785 g/mol. The van der Waals surface area contributed by atoms with Crippen molar-refractivity contribution in [2.24, 2.45) is 0 Å². The first kappa shape index (κ1) is 44.1. The van der Waals surface area contributed by atoms with Crippen molar-refractivity contribution in [1.29, 1.82) is 0 Å². The highest BCUT2D eigenvalue weighted by Gasteiger charge is 2.31. The van der Waals surface area contributed by atoms with E-state index in [-0.39, 0.29) is 57.5 Å². The summed E-state index contributed by atoms with van der Waals surface area (Å²) in [5.41, 5.74) is 4.42. The molecule has 0 saturated carbocycles. The molecule has 0 radical (unpaired) electrons. The number of aromatic nitrogens is 1. The first-order chi connectivity index (χ1) is 26.8. The van der Waals surface area contributed by atoms with Gasteiger partial charge in [-0.15, -0.1) is 0 Å². The Morgan fingerprint density at radius 1 is 0.821 bits per heavy atom. The Labute approximate surface area is 323 Å². The molecule has 17 heteroatoms. The SMILES string of the molecule is CC(C)c1c(C(=O)Nc2ccccc2)c(-c2ccccc2)c(-c2ccc(F)cc2)n1CCC(O)CC(O)CC(=O)OCC(COCCCON(O)O)ON(O)O. The number of nitrogens with zero attached hydrogens (tertiary/aromatic N) is 3. The Balaban J connectivity index is 1.50. The largest absolute Gasteiger partial charge is 0.463 e. The Kier molecular flexibility index (Phi) is 17.5. The summed E-state index contributed by atoms with van der Waals surface area (Å²) < 4.78 is 26.6. The van der Waals surface area contributed by atoms with Crippen LogP contribution in [0.5, 0.6) is 0 Å². The summed E-state index contributed by atoms with van der Waals surface area (Å²) in [6.07, 6.45) is -3.91. The van der Waals surface area contributed by atoms with Crippen LogP contribution in [0, 0.1) is 5.82 Å². The molecule has 3 aromatic carbocycles. The topological polar surface area (TPSA) is 216 Å². The predicted octanol–water partition coefficient (Wildman–Crippen LogP) is 5.57. The van der Waals surface area contributed by atoms with Gasteiger partial charge in [0.2, 0.25) is 0 Å². The molecule has 0 fully saturated rings. The van der Waals surface area contributed by atoms with E-state index in [9.17, 15) is 24.2 Å². The zero-order valence-electron chi connectivity index (χ0n) is 31.1. The third-order valence-corrected chi connectivity index (χ3v) is 8.54. The molecule has 4 rings (SSSR count). The number of nitrogens with one attached hydrogen (secondary N) is 1. The van der Waals surface area contributed by atoms with Gasteiger partial charge in [0.1, 0.15) is 18.5 Å². The normalized spacial score (nSPS) is 13.3. The summed E-state index contributed by atoms with van der Waals surface area (Å²) in [6.45, 7) is 3.33. The highest BCUT2D eigenvalue weighted by Crippen LogP contribution is 2.42. The van der Waals surface area contributed by atoms with Gasteiger partial charge in [0, 0.05) is 30.1 Å². The highest BCUT2D eigenvalue weighted by molar-refractivity contribution is 6.12. The fraction of sp³-hybridized carbons (Fsp3) is 0.385. The van der Waals surface area contributed by atoms with Crippen LogP contribution in [0.3, 0.4) is 0 Å². The maximum atomic E-state index is 14.3. The zero-order chi connectivity index (χ0) is 40.6. The van der Waals surface area contributed by atoms with Crippen LogP contribution in [0.25, 0.3) is 22.4 Å². The lowest BCUT2D eigenvalue weighted by atomic mass is 9.94. The van der Waals surface area contributed by atoms with Crippen molar-refractivity contribution in [3.63, 3.8) is 0 Å². The lowest BCUT2D eigenvalue weighted by Crippen LogP contribution is -2.33. The third-order valence-electron chi connectivity index (χ3n) is 8.54. The number of para-hydroxylation sites is 1. The van der Waals surface area contributed by atoms with E-state index in [1.54, 1.807) is 24.3 Å². The molecule has 3 unspecified atom stereocenters. The van der Waals surface area contributed by atoms with Crippen LogP contribution in [0.15, 0.2) is 84.9 Å². The number of aliphatic hydroxyl groups excluding tert-OH is 2. The number of benzene rings is 3. The van der Waals surface area contributed by atoms with Gasteiger partial charge in [-0.05, 0) is 72.7 Å². The minimum Gasteiger partial charge on any atom is -0.463 e. The number of esters is 1. The molecule has 0 saturated heterocycles. The molecule has 1 amide bonds. The Morgan fingerprint density at radius 2 is 1.48 bits per heavy atom. The first-order valence-corrected chi connectivity index (χ1v) is 18.0. The van der Waals surface area contributed by atoms with Gasteiger partial charge in [0.25, 0.3) is 5.91 Å². The number of carbonyl (C=O) groups is 2. The zero-order valence-corrected chi connectivity index (χ0v) is 31.1. The van der Waals surface area contributed by atoms with Gasteiger partial charge < -0.3 is 29.6 Å². The molecule has 0 bridgehead atoms. The number of hydrogen-bond acceptors (Lipinski definition) is 14. The Bertz CT molecular complexity index is 1790. The fourth-order valence-corrected chi connectivity index (χ4v) is 6.20. The molecule has 4 aromatic rings. The molecule has 0 spiro atoms. The number of amides is 1. The van der Waals surface area contributed by atoms with Crippen LogP contribution in [-0.2, 0) is 30.5 Å². The number of carbonyl (C=O) groups excluding carboxylic acids is 2. The summed E-state index contributed by atoms with van der Waals surface area (Å²) >= 11 is 0. The second-order valence-corrected chi connectivity index (χ2v) is 13.2. The first-order valence-electron chi connectivity index (χ1n) is 18.0. The van der Waals surface area contributed by atoms with Crippen molar-refractivity contribution in [1.82, 2.24) is 15.3 Å². The van der Waals surface area contributed by atoms with Crippen LogP contribution < -0.4 is 5.32 Å². The summed E-state index contributed by atoms with van der Waals surface area (Å²) in [5, 5.41) is 59.0. The van der Waals surface area contributed by atoms with Gasteiger partial charge in [-0.2, -0.15) is 0 Å². The summed E-state index contributed by atoms with van der Waals surface area (Å²) in [6, 6.07) is 24.4. The van der Waals surface area contributed by atoms with Crippen molar-refractivity contribution in [3.8, 4) is 22.4 Å². The molecular formula is C39H49FN4O12. The van der Waals surface area contributed by atoms with Gasteiger partial charge in [-0.25, -0.2) is 9.23 Å². The molecule has 0 aliphatic rings. The molecule has 56 heavy (non-hydrogen) atoms. The summed E-state index contributed by atoms with van der Waals surface area (Å²) in [5.74, 6) is -1.81. The number of ether oxygens (including phenoxy) is 2. The van der Waals surface area contributed by atoms with E-state index >= 15 is 0 Å². The van der Waals surface area contributed by atoms with Crippen LogP contribution in [0.1, 0.15) is 61.5 Å². The average Bonchev–Trinajstić information content (AvgIpc) is 3.50. The van der Waals surface area contributed by atoms with Gasteiger partial charge in [-0.3, -0.25) is 35.3 Å². The maximum Gasteiger partial charge on any atom is 0.308 e. The van der Waals surface area contributed by atoms with Crippen LogP contribution in [0.4, 0.5) is 10.1 Å². The lowest BCUT2D eigenvalue weighted by Gasteiger charge is -2.21. The molecule has 0 aliphatic heterocycles. The highest BCUT2D eigenvalue weighted by atomic mass is 19.1. The van der Waals surface area contributed by atoms with Gasteiger partial charge in [-0.1, -0.05) is 62.4 Å². The van der Waals surface area contributed by atoms with Crippen molar-refractivity contribution in [2.75, 3.05) is 31.7 Å². The maximum absolute atomic E-state index is 14.3. The van der Waals surface area contributed by atoms with Crippen LogP contribution in [0.2, 0.25) is 0 Å². The van der Waals surface area contributed by atoms with Gasteiger partial charge in [0.15, 0.2) is 0 Å². The van der Waals surface area contributed by atoms with E-state index in [0.29, 0.717) is 33.8 Å². The third kappa shape index (κ3) is 13.5. The summed E-state index contributed by atoms with van der Waals surface area (Å²) in [7, 11) is 0. The van der Waals surface area contributed by atoms with Crippen molar-refractivity contribution in [2.45, 2.75) is 70.3 Å². The molecular weight excluding hydrogens is 735 g/mol. The van der Waals surface area contributed by atoms with Crippen molar-refractivity contribution < 1.29 is 64.2 Å². The van der Waals surface area contributed by atoms with E-state index in [1.807, 2.05) is 66.9 Å². The monoisotopic (exact) mass is 784 g/mol. The van der Waals surface area contributed by atoms with Crippen molar-refractivity contribution >= 4 is 17.6 Å².